The highest BCUT2D eigenvalue weighted by molar-refractivity contribution is 6.20. The minimum absolute atomic E-state index is 0.211. The molecule has 0 aliphatic heterocycles. The summed E-state index contributed by atoms with van der Waals surface area (Å²) in [7, 11) is 0. The molecule has 1 aliphatic carbocycles. The Labute approximate surface area is 179 Å². The van der Waals surface area contributed by atoms with Crippen LogP contribution < -0.4 is 0 Å². The number of carbonyl (C=O) groups is 3. The zero-order valence-corrected chi connectivity index (χ0v) is 17.2. The Bertz CT molecular complexity index is 1200. The van der Waals surface area contributed by atoms with Gasteiger partial charge < -0.3 is 9.67 Å². The lowest BCUT2D eigenvalue weighted by Gasteiger charge is -2.13. The van der Waals surface area contributed by atoms with E-state index in [-0.39, 0.29) is 22.8 Å². The number of unbranched alkanes of at least 4 members (excludes halogenated alkanes) is 1. The van der Waals surface area contributed by atoms with Crippen LogP contribution >= 0.6 is 0 Å². The fourth-order valence-electron chi connectivity index (χ4n) is 3.82. The van der Waals surface area contributed by atoms with E-state index < -0.39 is 5.97 Å². The topological polar surface area (TPSA) is 89.3 Å². The zero-order valence-electron chi connectivity index (χ0n) is 17.2. The fraction of sp³-hybridized carbons (Fsp3) is 0.200. The summed E-state index contributed by atoms with van der Waals surface area (Å²) in [6.07, 6.45) is 5.17. The van der Waals surface area contributed by atoms with Crippen LogP contribution in [0.15, 0.2) is 60.7 Å². The maximum absolute atomic E-state index is 12.5. The van der Waals surface area contributed by atoms with Crippen molar-refractivity contribution in [2.24, 2.45) is 0 Å². The number of carboxylic acids is 1. The van der Waals surface area contributed by atoms with Gasteiger partial charge in [0, 0.05) is 13.0 Å². The first-order chi connectivity index (χ1) is 15.0. The van der Waals surface area contributed by atoms with Gasteiger partial charge in [0.15, 0.2) is 0 Å². The molecule has 0 bridgehead atoms. The summed E-state index contributed by atoms with van der Waals surface area (Å²) < 4.78 is 1.84. The number of allylic oxidation sites excluding steroid dienone is 2. The Morgan fingerprint density at radius 2 is 1.71 bits per heavy atom. The van der Waals surface area contributed by atoms with E-state index in [2.05, 4.69) is 11.9 Å². The largest absolute Gasteiger partial charge is 0.478 e. The molecule has 0 amide bonds. The van der Waals surface area contributed by atoms with E-state index in [1.807, 2.05) is 34.9 Å². The van der Waals surface area contributed by atoms with Crippen molar-refractivity contribution >= 4 is 17.5 Å². The van der Waals surface area contributed by atoms with Gasteiger partial charge in [0.05, 0.1) is 5.56 Å². The van der Waals surface area contributed by atoms with E-state index in [0.29, 0.717) is 24.2 Å². The molecule has 1 aromatic heterocycles. The summed E-state index contributed by atoms with van der Waals surface area (Å²) in [5.41, 5.74) is 3.21. The Hall–Kier alpha value is -3.80. The van der Waals surface area contributed by atoms with Crippen molar-refractivity contribution in [3.8, 4) is 11.1 Å². The summed E-state index contributed by atoms with van der Waals surface area (Å²) >= 11 is 0. The van der Waals surface area contributed by atoms with Crippen molar-refractivity contribution in [3.63, 3.8) is 0 Å². The SMILES string of the molecule is CCCCc1nc2c(n1Cc1ccc(-c3ccccc3C(=O)O)cc1)C(=O)C=CC2=O. The summed E-state index contributed by atoms with van der Waals surface area (Å²) in [6.45, 7) is 2.49. The van der Waals surface area contributed by atoms with Gasteiger partial charge in [-0.05, 0) is 41.3 Å². The average Bonchev–Trinajstić information content (AvgIpc) is 3.14. The van der Waals surface area contributed by atoms with Gasteiger partial charge in [-0.3, -0.25) is 9.59 Å². The van der Waals surface area contributed by atoms with Gasteiger partial charge in [-0.15, -0.1) is 0 Å². The Morgan fingerprint density at radius 3 is 2.42 bits per heavy atom. The number of benzene rings is 2. The highest BCUT2D eigenvalue weighted by atomic mass is 16.4. The van der Waals surface area contributed by atoms with Crippen LogP contribution in [0.5, 0.6) is 0 Å². The van der Waals surface area contributed by atoms with Gasteiger partial charge in [-0.25, -0.2) is 9.78 Å². The second-order valence-electron chi connectivity index (χ2n) is 7.52. The number of nitrogens with zero attached hydrogens (tertiary/aromatic N) is 2. The molecule has 0 fully saturated rings. The smallest absolute Gasteiger partial charge is 0.336 e. The van der Waals surface area contributed by atoms with Gasteiger partial charge in [-0.1, -0.05) is 55.8 Å². The molecule has 3 aromatic rings. The van der Waals surface area contributed by atoms with E-state index in [1.54, 1.807) is 18.2 Å². The highest BCUT2D eigenvalue weighted by Gasteiger charge is 2.28. The van der Waals surface area contributed by atoms with Crippen molar-refractivity contribution in [2.75, 3.05) is 0 Å². The number of aromatic nitrogens is 2. The van der Waals surface area contributed by atoms with Gasteiger partial charge >= 0.3 is 5.97 Å². The molecule has 0 spiro atoms. The molecule has 31 heavy (non-hydrogen) atoms. The molecule has 2 aromatic carbocycles. The zero-order chi connectivity index (χ0) is 22.0. The van der Waals surface area contributed by atoms with Crippen molar-refractivity contribution in [1.29, 1.82) is 0 Å². The quantitative estimate of drug-likeness (QED) is 0.611. The van der Waals surface area contributed by atoms with Crippen LogP contribution in [-0.2, 0) is 13.0 Å². The first kappa shape index (κ1) is 20.5. The minimum Gasteiger partial charge on any atom is -0.478 e. The standard InChI is InChI=1S/C25H22N2O4/c1-2-3-8-22-26-23-20(28)13-14-21(29)24(23)27(22)15-16-9-11-17(12-10-16)18-6-4-5-7-19(18)25(30)31/h4-7,9-14H,2-3,8,15H2,1H3,(H,30,31). The third kappa shape index (κ3) is 3.97. The Balaban J connectivity index is 1.68. The second kappa shape index (κ2) is 8.52. The number of hydrogen-bond donors (Lipinski definition) is 1. The number of hydrogen-bond acceptors (Lipinski definition) is 4. The molecule has 0 atom stereocenters. The van der Waals surface area contributed by atoms with Crippen molar-refractivity contribution in [1.82, 2.24) is 9.55 Å². The number of carbonyl (C=O) groups excluding carboxylic acids is 2. The van der Waals surface area contributed by atoms with E-state index in [9.17, 15) is 19.5 Å². The lowest BCUT2D eigenvalue weighted by Crippen LogP contribution is -2.17. The van der Waals surface area contributed by atoms with Crippen molar-refractivity contribution in [3.05, 3.63) is 89.0 Å². The van der Waals surface area contributed by atoms with Crippen LogP contribution in [0.2, 0.25) is 0 Å². The van der Waals surface area contributed by atoms with E-state index in [0.717, 1.165) is 29.8 Å². The number of aryl methyl sites for hydroxylation is 1. The van der Waals surface area contributed by atoms with Gasteiger partial charge in [0.25, 0.3) is 0 Å². The molecule has 1 N–H and O–H groups in total. The lowest BCUT2D eigenvalue weighted by molar-refractivity contribution is 0.0697. The molecule has 0 saturated carbocycles. The number of carboxylic acid groups (broad SMARTS) is 1. The van der Waals surface area contributed by atoms with Crippen LogP contribution in [0.1, 0.15) is 62.5 Å². The molecule has 1 aliphatic rings. The molecular formula is C25H22N2O4. The predicted molar refractivity (Wildman–Crippen MR) is 117 cm³/mol. The number of aromatic carboxylic acids is 1. The van der Waals surface area contributed by atoms with Gasteiger partial charge in [0.1, 0.15) is 17.2 Å². The van der Waals surface area contributed by atoms with Crippen LogP contribution in [0.25, 0.3) is 11.1 Å². The lowest BCUT2D eigenvalue weighted by atomic mass is 9.98. The summed E-state index contributed by atoms with van der Waals surface area (Å²) in [6, 6.07) is 14.4. The molecule has 0 saturated heterocycles. The van der Waals surface area contributed by atoms with E-state index >= 15 is 0 Å². The minimum atomic E-state index is -0.971. The first-order valence-corrected chi connectivity index (χ1v) is 10.3. The molecule has 0 radical (unpaired) electrons. The average molecular weight is 414 g/mol. The molecule has 156 valence electrons. The van der Waals surface area contributed by atoms with E-state index in [4.69, 9.17) is 0 Å². The fourth-order valence-corrected chi connectivity index (χ4v) is 3.82. The van der Waals surface area contributed by atoms with Crippen LogP contribution in [0, 0.1) is 0 Å². The predicted octanol–water partition coefficient (Wildman–Crippen LogP) is 4.57. The van der Waals surface area contributed by atoms with Crippen molar-refractivity contribution in [2.45, 2.75) is 32.7 Å². The maximum Gasteiger partial charge on any atom is 0.336 e. The maximum atomic E-state index is 12.5. The molecule has 6 heteroatoms. The molecule has 4 rings (SSSR count). The van der Waals surface area contributed by atoms with E-state index in [1.165, 1.54) is 12.2 Å². The Kier molecular flexibility index (Phi) is 5.62. The van der Waals surface area contributed by atoms with Gasteiger partial charge in [-0.2, -0.15) is 0 Å². The summed E-state index contributed by atoms with van der Waals surface area (Å²) in [4.78, 5) is 40.8. The highest BCUT2D eigenvalue weighted by Crippen LogP contribution is 2.26. The molecular weight excluding hydrogens is 392 g/mol. The summed E-state index contributed by atoms with van der Waals surface area (Å²) in [5.74, 6) is -0.692. The number of ketones is 2. The van der Waals surface area contributed by atoms with Crippen LogP contribution in [-0.4, -0.2) is 32.2 Å². The first-order valence-electron chi connectivity index (χ1n) is 10.3. The molecule has 0 unspecified atom stereocenters. The second-order valence-corrected chi connectivity index (χ2v) is 7.52. The third-order valence-corrected chi connectivity index (χ3v) is 5.42. The Morgan fingerprint density at radius 1 is 1.00 bits per heavy atom. The van der Waals surface area contributed by atoms with Crippen LogP contribution in [0.3, 0.4) is 0 Å². The molecule has 1 heterocycles. The monoisotopic (exact) mass is 414 g/mol. The number of imidazole rings is 1. The molecule has 6 nitrogen and oxygen atoms in total. The van der Waals surface area contributed by atoms with Crippen LogP contribution in [0.4, 0.5) is 0 Å². The van der Waals surface area contributed by atoms with Gasteiger partial charge in [0.2, 0.25) is 11.6 Å². The summed E-state index contributed by atoms with van der Waals surface area (Å²) in [5, 5.41) is 9.44. The number of rotatable bonds is 7. The number of fused-ring (bicyclic) bond motifs is 1. The normalized spacial score (nSPS) is 12.8. The third-order valence-electron chi connectivity index (χ3n) is 5.42. The van der Waals surface area contributed by atoms with Crippen molar-refractivity contribution < 1.29 is 19.5 Å².